The van der Waals surface area contributed by atoms with Crippen LogP contribution in [0.2, 0.25) is 0 Å². The second kappa shape index (κ2) is 12.3. The minimum Gasteiger partial charge on any atom is -0.379 e. The molecule has 1 saturated heterocycles. The van der Waals surface area contributed by atoms with Crippen molar-refractivity contribution < 1.29 is 4.74 Å². The van der Waals surface area contributed by atoms with Crippen molar-refractivity contribution >= 4 is 28.2 Å². The monoisotopic (exact) mass is 492 g/mol. The van der Waals surface area contributed by atoms with Crippen molar-refractivity contribution in [3.8, 4) is 0 Å². The van der Waals surface area contributed by atoms with Gasteiger partial charge in [-0.3, -0.25) is 9.69 Å². The van der Waals surface area contributed by atoms with E-state index < -0.39 is 0 Å². The highest BCUT2D eigenvalue weighted by atomic mass is 32.1. The highest BCUT2D eigenvalue weighted by molar-refractivity contribution is 7.80. The van der Waals surface area contributed by atoms with Gasteiger partial charge in [0.15, 0.2) is 5.11 Å². The van der Waals surface area contributed by atoms with E-state index in [1.165, 1.54) is 11.1 Å². The number of nitrogens with zero attached hydrogens (tertiary/aromatic N) is 2. The van der Waals surface area contributed by atoms with Crippen LogP contribution < -0.4 is 10.9 Å². The number of nitrogens with one attached hydrogen (secondary N) is 2. The fourth-order valence-corrected chi connectivity index (χ4v) is 4.84. The van der Waals surface area contributed by atoms with Crippen molar-refractivity contribution in [2.24, 2.45) is 0 Å². The molecule has 7 heteroatoms. The van der Waals surface area contributed by atoms with Crippen LogP contribution in [0.5, 0.6) is 0 Å². The summed E-state index contributed by atoms with van der Waals surface area (Å²) < 4.78 is 5.47. The molecule has 2 N–H and O–H groups in total. The number of thiocarbonyl (C=S) groups is 1. The highest BCUT2D eigenvalue weighted by Gasteiger charge is 2.17. The molecule has 3 aromatic rings. The number of morpholine rings is 1. The molecule has 186 valence electrons. The van der Waals surface area contributed by atoms with Crippen molar-refractivity contribution in [1.29, 1.82) is 0 Å². The molecule has 1 fully saturated rings. The van der Waals surface area contributed by atoms with Crippen LogP contribution in [0.25, 0.3) is 10.9 Å². The molecule has 0 radical (unpaired) electrons. The molecule has 35 heavy (non-hydrogen) atoms. The van der Waals surface area contributed by atoms with Crippen LogP contribution in [0, 0.1) is 0 Å². The molecule has 1 aliphatic heterocycles. The van der Waals surface area contributed by atoms with Gasteiger partial charge in [-0.05, 0) is 66.7 Å². The Labute approximate surface area is 213 Å². The maximum Gasteiger partial charge on any atom is 0.253 e. The first-order chi connectivity index (χ1) is 17.0. The highest BCUT2D eigenvalue weighted by Crippen LogP contribution is 2.17. The first-order valence-corrected chi connectivity index (χ1v) is 13.0. The SMILES string of the molecule is CCc1ccc2[nH]c(=O)c(CN(CCCN3CCOCC3)C(=S)N[C@H](C)c3ccccc3)cc2c1. The number of aromatic nitrogens is 1. The fraction of sp³-hybridized carbons (Fsp3) is 0.429. The van der Waals surface area contributed by atoms with Crippen LogP contribution in [-0.2, 0) is 17.7 Å². The molecule has 0 amide bonds. The summed E-state index contributed by atoms with van der Waals surface area (Å²) in [5.74, 6) is 0. The van der Waals surface area contributed by atoms with Crippen molar-refractivity contribution in [3.05, 3.63) is 81.6 Å². The molecule has 0 spiro atoms. The van der Waals surface area contributed by atoms with Crippen molar-refractivity contribution in [3.63, 3.8) is 0 Å². The maximum atomic E-state index is 12.9. The molecule has 0 bridgehead atoms. The smallest absolute Gasteiger partial charge is 0.253 e. The summed E-state index contributed by atoms with van der Waals surface area (Å²) >= 11 is 5.87. The van der Waals surface area contributed by atoms with Gasteiger partial charge in [0.05, 0.1) is 25.8 Å². The number of aryl methyl sites for hydroxylation is 1. The molecule has 0 unspecified atom stereocenters. The number of hydrogen-bond acceptors (Lipinski definition) is 4. The minimum absolute atomic E-state index is 0.0566. The van der Waals surface area contributed by atoms with Gasteiger partial charge in [-0.2, -0.15) is 0 Å². The van der Waals surface area contributed by atoms with Crippen LogP contribution in [0.15, 0.2) is 59.4 Å². The van der Waals surface area contributed by atoms with Crippen LogP contribution in [0.1, 0.15) is 43.0 Å². The van der Waals surface area contributed by atoms with Gasteiger partial charge in [-0.25, -0.2) is 0 Å². The fourth-order valence-electron chi connectivity index (χ4n) is 4.51. The lowest BCUT2D eigenvalue weighted by molar-refractivity contribution is 0.0367. The third-order valence-corrected chi connectivity index (χ3v) is 7.06. The van der Waals surface area contributed by atoms with Gasteiger partial charge >= 0.3 is 0 Å². The zero-order chi connectivity index (χ0) is 24.6. The number of benzene rings is 2. The third kappa shape index (κ3) is 6.90. The van der Waals surface area contributed by atoms with E-state index in [2.05, 4.69) is 58.2 Å². The largest absolute Gasteiger partial charge is 0.379 e. The number of hydrogen-bond donors (Lipinski definition) is 2. The van der Waals surface area contributed by atoms with Crippen LogP contribution in [-0.4, -0.2) is 59.3 Å². The summed E-state index contributed by atoms with van der Waals surface area (Å²) in [7, 11) is 0. The van der Waals surface area contributed by atoms with Gasteiger partial charge in [0.1, 0.15) is 0 Å². The zero-order valence-electron chi connectivity index (χ0n) is 20.8. The number of H-pyrrole nitrogens is 1. The van der Waals surface area contributed by atoms with E-state index in [4.69, 9.17) is 17.0 Å². The first kappa shape index (κ1) is 25.4. The first-order valence-electron chi connectivity index (χ1n) is 12.6. The standard InChI is InChI=1S/C28H36N4O2S/c1-3-22-10-11-26-24(18-22)19-25(27(33)30-26)20-32(13-7-12-31-14-16-34-17-15-31)28(35)29-21(2)23-8-5-4-6-9-23/h4-6,8-11,18-19,21H,3,7,12-17,20H2,1-2H3,(H,29,35)(H,30,33)/t21-/m1/s1. The summed E-state index contributed by atoms with van der Waals surface area (Å²) in [6.45, 7) is 10.0. The molecule has 0 aliphatic carbocycles. The lowest BCUT2D eigenvalue weighted by atomic mass is 10.1. The number of rotatable bonds is 9. The van der Waals surface area contributed by atoms with Crippen LogP contribution >= 0.6 is 12.2 Å². The average molecular weight is 493 g/mol. The molecule has 1 atom stereocenters. The van der Waals surface area contributed by atoms with Gasteiger partial charge in [0.2, 0.25) is 0 Å². The van der Waals surface area contributed by atoms with Gasteiger partial charge in [-0.1, -0.05) is 43.3 Å². The van der Waals surface area contributed by atoms with Crippen molar-refractivity contribution in [2.75, 3.05) is 39.4 Å². The van der Waals surface area contributed by atoms with E-state index in [1.807, 2.05) is 30.3 Å². The second-order valence-corrected chi connectivity index (χ2v) is 9.60. The Hall–Kier alpha value is -2.74. The Morgan fingerprint density at radius 3 is 2.69 bits per heavy atom. The zero-order valence-corrected chi connectivity index (χ0v) is 21.6. The molecule has 4 rings (SSSR count). The van der Waals surface area contributed by atoms with E-state index >= 15 is 0 Å². The van der Waals surface area contributed by atoms with E-state index in [0.717, 1.165) is 68.7 Å². The van der Waals surface area contributed by atoms with Gasteiger partial charge < -0.3 is 19.9 Å². The number of pyridine rings is 1. The van der Waals surface area contributed by atoms with Crippen LogP contribution in [0.4, 0.5) is 0 Å². The average Bonchev–Trinajstić information content (AvgIpc) is 2.89. The molecule has 1 aliphatic rings. The van der Waals surface area contributed by atoms with E-state index in [0.29, 0.717) is 11.7 Å². The Morgan fingerprint density at radius 2 is 1.94 bits per heavy atom. The lowest BCUT2D eigenvalue weighted by Crippen LogP contribution is -2.43. The normalized spacial score (nSPS) is 15.1. The van der Waals surface area contributed by atoms with E-state index in [9.17, 15) is 4.79 Å². The van der Waals surface area contributed by atoms with Crippen molar-refractivity contribution in [2.45, 2.75) is 39.3 Å². The van der Waals surface area contributed by atoms with Gasteiger partial charge in [0, 0.05) is 37.3 Å². The molecule has 2 aromatic carbocycles. The van der Waals surface area contributed by atoms with Gasteiger partial charge in [0.25, 0.3) is 5.56 Å². The summed E-state index contributed by atoms with van der Waals surface area (Å²) in [6.07, 6.45) is 1.93. The Balaban J connectivity index is 1.51. The summed E-state index contributed by atoms with van der Waals surface area (Å²) in [5, 5.41) is 5.22. The molecule has 2 heterocycles. The van der Waals surface area contributed by atoms with E-state index in [-0.39, 0.29) is 11.6 Å². The van der Waals surface area contributed by atoms with Crippen molar-refractivity contribution in [1.82, 2.24) is 20.1 Å². The molecule has 6 nitrogen and oxygen atoms in total. The topological polar surface area (TPSA) is 60.6 Å². The lowest BCUT2D eigenvalue weighted by Gasteiger charge is -2.30. The molecule has 1 aromatic heterocycles. The predicted octanol–water partition coefficient (Wildman–Crippen LogP) is 4.25. The predicted molar refractivity (Wildman–Crippen MR) is 147 cm³/mol. The second-order valence-electron chi connectivity index (χ2n) is 9.21. The summed E-state index contributed by atoms with van der Waals surface area (Å²) in [6, 6.07) is 18.6. The Kier molecular flexibility index (Phi) is 8.90. The molecule has 0 saturated carbocycles. The van der Waals surface area contributed by atoms with Crippen LogP contribution in [0.3, 0.4) is 0 Å². The summed E-state index contributed by atoms with van der Waals surface area (Å²) in [4.78, 5) is 20.6. The Bertz CT molecular complexity index is 1170. The number of ether oxygens (including phenoxy) is 1. The van der Waals surface area contributed by atoms with Gasteiger partial charge in [-0.15, -0.1) is 0 Å². The summed E-state index contributed by atoms with van der Waals surface area (Å²) in [5.41, 5.74) is 3.98. The minimum atomic E-state index is -0.0566. The molecular weight excluding hydrogens is 456 g/mol. The number of aromatic amines is 1. The number of fused-ring (bicyclic) bond motifs is 1. The Morgan fingerprint density at radius 1 is 1.17 bits per heavy atom. The maximum absolute atomic E-state index is 12.9. The molecular formula is C28H36N4O2S. The van der Waals surface area contributed by atoms with E-state index in [1.54, 1.807) is 0 Å². The quantitative estimate of drug-likeness (QED) is 0.436. The third-order valence-electron chi connectivity index (χ3n) is 6.69.